The average molecular weight is 340 g/mol. The molecular formula is C19H28N6. The van der Waals surface area contributed by atoms with E-state index in [0.717, 1.165) is 25.5 Å². The standard InChI is InChI=1S/C19H28N6/c1-14(16-5-4-9-20-11-16)25-10-8-17(12-25)23(2)13-18-21-22-19(24(18)3)15-6-7-15/h4-5,9,11,14-15,17H,6-8,10,12-13H2,1-3H3. The van der Waals surface area contributed by atoms with Crippen molar-refractivity contribution in [3.63, 3.8) is 0 Å². The van der Waals surface area contributed by atoms with Crippen LogP contribution in [0.3, 0.4) is 0 Å². The Morgan fingerprint density at radius 1 is 1.28 bits per heavy atom. The van der Waals surface area contributed by atoms with Crippen LogP contribution in [0.1, 0.15) is 55.4 Å². The quantitative estimate of drug-likeness (QED) is 0.808. The number of nitrogens with zero attached hydrogens (tertiary/aromatic N) is 6. The van der Waals surface area contributed by atoms with Gasteiger partial charge in [0.05, 0.1) is 6.54 Å². The van der Waals surface area contributed by atoms with E-state index in [2.05, 4.69) is 56.6 Å². The largest absolute Gasteiger partial charge is 0.317 e. The molecule has 2 atom stereocenters. The van der Waals surface area contributed by atoms with Crippen LogP contribution in [0.5, 0.6) is 0 Å². The summed E-state index contributed by atoms with van der Waals surface area (Å²) in [5.41, 5.74) is 1.30. The highest BCUT2D eigenvalue weighted by Gasteiger charge is 2.32. The molecule has 0 spiro atoms. The van der Waals surface area contributed by atoms with Gasteiger partial charge in [0.25, 0.3) is 0 Å². The molecule has 25 heavy (non-hydrogen) atoms. The molecule has 6 nitrogen and oxygen atoms in total. The van der Waals surface area contributed by atoms with Crippen molar-refractivity contribution in [2.75, 3.05) is 20.1 Å². The minimum absolute atomic E-state index is 0.420. The summed E-state index contributed by atoms with van der Waals surface area (Å²) >= 11 is 0. The Morgan fingerprint density at radius 2 is 2.12 bits per heavy atom. The molecule has 0 aromatic carbocycles. The molecule has 2 fully saturated rings. The van der Waals surface area contributed by atoms with Crippen molar-refractivity contribution in [2.24, 2.45) is 7.05 Å². The Balaban J connectivity index is 1.36. The van der Waals surface area contributed by atoms with Crippen LogP contribution in [-0.4, -0.2) is 55.7 Å². The number of hydrogen-bond donors (Lipinski definition) is 0. The van der Waals surface area contributed by atoms with Gasteiger partial charge in [0.1, 0.15) is 11.6 Å². The van der Waals surface area contributed by atoms with Crippen LogP contribution >= 0.6 is 0 Å². The van der Waals surface area contributed by atoms with Gasteiger partial charge >= 0.3 is 0 Å². The fourth-order valence-electron chi connectivity index (χ4n) is 3.88. The van der Waals surface area contributed by atoms with Crippen LogP contribution in [0.15, 0.2) is 24.5 Å². The number of rotatable bonds is 6. The lowest BCUT2D eigenvalue weighted by Crippen LogP contribution is -2.35. The molecule has 134 valence electrons. The second kappa shape index (κ2) is 6.84. The second-order valence-electron chi connectivity index (χ2n) is 7.62. The van der Waals surface area contributed by atoms with Gasteiger partial charge in [-0.05, 0) is 44.9 Å². The van der Waals surface area contributed by atoms with Crippen molar-refractivity contribution in [1.29, 1.82) is 0 Å². The highest BCUT2D eigenvalue weighted by atomic mass is 15.3. The summed E-state index contributed by atoms with van der Waals surface area (Å²) in [5, 5.41) is 8.85. The molecule has 1 aliphatic heterocycles. The van der Waals surface area contributed by atoms with Crippen LogP contribution < -0.4 is 0 Å². The third-order valence-electron chi connectivity index (χ3n) is 5.86. The summed E-state index contributed by atoms with van der Waals surface area (Å²) < 4.78 is 2.21. The van der Waals surface area contributed by atoms with E-state index in [1.54, 1.807) is 0 Å². The molecule has 2 unspecified atom stereocenters. The number of likely N-dealkylation sites (N-methyl/N-ethyl adjacent to an activating group) is 1. The molecule has 4 rings (SSSR count). The lowest BCUT2D eigenvalue weighted by Gasteiger charge is -2.27. The summed E-state index contributed by atoms with van der Waals surface area (Å²) in [6.07, 6.45) is 7.57. The summed E-state index contributed by atoms with van der Waals surface area (Å²) in [4.78, 5) is 9.26. The first kappa shape index (κ1) is 16.7. The Morgan fingerprint density at radius 3 is 2.84 bits per heavy atom. The number of pyridine rings is 1. The zero-order chi connectivity index (χ0) is 17.4. The SMILES string of the molecule is CC(c1cccnc1)N1CCC(N(C)Cc2nnc(C3CC3)n2C)C1. The molecule has 2 aromatic rings. The third kappa shape index (κ3) is 3.46. The average Bonchev–Trinajstić information content (AvgIpc) is 3.24. The van der Waals surface area contributed by atoms with Gasteiger partial charge in [-0.1, -0.05) is 6.07 Å². The molecule has 1 saturated heterocycles. The van der Waals surface area contributed by atoms with Gasteiger partial charge in [-0.15, -0.1) is 10.2 Å². The molecule has 1 saturated carbocycles. The Kier molecular flexibility index (Phi) is 4.56. The van der Waals surface area contributed by atoms with E-state index >= 15 is 0 Å². The lowest BCUT2D eigenvalue weighted by molar-refractivity contribution is 0.199. The van der Waals surface area contributed by atoms with Gasteiger partial charge in [0.15, 0.2) is 0 Å². The fourth-order valence-corrected chi connectivity index (χ4v) is 3.88. The van der Waals surface area contributed by atoms with Crippen molar-refractivity contribution in [3.8, 4) is 0 Å². The minimum Gasteiger partial charge on any atom is -0.317 e. The van der Waals surface area contributed by atoms with Crippen LogP contribution in [0, 0.1) is 0 Å². The van der Waals surface area contributed by atoms with Gasteiger partial charge in [0, 0.05) is 50.5 Å². The van der Waals surface area contributed by atoms with E-state index < -0.39 is 0 Å². The molecule has 1 aliphatic carbocycles. The number of hydrogen-bond acceptors (Lipinski definition) is 5. The smallest absolute Gasteiger partial charge is 0.146 e. The maximum atomic E-state index is 4.44. The monoisotopic (exact) mass is 340 g/mol. The zero-order valence-electron chi connectivity index (χ0n) is 15.5. The molecule has 0 bridgehead atoms. The van der Waals surface area contributed by atoms with Crippen LogP contribution in [0.2, 0.25) is 0 Å². The predicted molar refractivity (Wildman–Crippen MR) is 97.1 cm³/mol. The van der Waals surface area contributed by atoms with Crippen LogP contribution in [0.4, 0.5) is 0 Å². The van der Waals surface area contributed by atoms with Crippen LogP contribution in [-0.2, 0) is 13.6 Å². The first-order chi connectivity index (χ1) is 12.1. The topological polar surface area (TPSA) is 50.1 Å². The van der Waals surface area contributed by atoms with E-state index in [0.29, 0.717) is 18.0 Å². The Labute approximate surface area is 149 Å². The number of aromatic nitrogens is 4. The van der Waals surface area contributed by atoms with Crippen LogP contribution in [0.25, 0.3) is 0 Å². The van der Waals surface area contributed by atoms with E-state index in [1.165, 1.54) is 30.7 Å². The first-order valence-electron chi connectivity index (χ1n) is 9.36. The normalized spacial score (nSPS) is 22.6. The van der Waals surface area contributed by atoms with Crippen molar-refractivity contribution in [3.05, 3.63) is 41.7 Å². The Bertz CT molecular complexity index is 708. The molecule has 6 heteroatoms. The molecular weight excluding hydrogens is 312 g/mol. The summed E-state index contributed by atoms with van der Waals surface area (Å²) in [6.45, 7) is 5.39. The first-order valence-corrected chi connectivity index (χ1v) is 9.36. The summed E-state index contributed by atoms with van der Waals surface area (Å²) in [6, 6.07) is 5.19. The van der Waals surface area contributed by atoms with E-state index in [4.69, 9.17) is 0 Å². The minimum atomic E-state index is 0.420. The summed E-state index contributed by atoms with van der Waals surface area (Å²) in [7, 11) is 4.33. The van der Waals surface area contributed by atoms with Gasteiger partial charge in [-0.25, -0.2) is 0 Å². The summed E-state index contributed by atoms with van der Waals surface area (Å²) in [5.74, 6) is 2.91. The molecule has 0 radical (unpaired) electrons. The van der Waals surface area contributed by atoms with Crippen molar-refractivity contribution in [2.45, 2.75) is 50.7 Å². The van der Waals surface area contributed by atoms with Gasteiger partial charge in [0.2, 0.25) is 0 Å². The van der Waals surface area contributed by atoms with Gasteiger partial charge < -0.3 is 4.57 Å². The van der Waals surface area contributed by atoms with E-state index in [1.807, 2.05) is 18.5 Å². The maximum absolute atomic E-state index is 4.44. The van der Waals surface area contributed by atoms with Gasteiger partial charge in [-0.3, -0.25) is 14.8 Å². The molecule has 3 heterocycles. The lowest BCUT2D eigenvalue weighted by atomic mass is 10.1. The van der Waals surface area contributed by atoms with Crippen molar-refractivity contribution >= 4 is 0 Å². The van der Waals surface area contributed by atoms with Crippen molar-refractivity contribution in [1.82, 2.24) is 29.5 Å². The van der Waals surface area contributed by atoms with Gasteiger partial charge in [-0.2, -0.15) is 0 Å². The fraction of sp³-hybridized carbons (Fsp3) is 0.632. The van der Waals surface area contributed by atoms with E-state index in [-0.39, 0.29) is 0 Å². The molecule has 2 aliphatic rings. The second-order valence-corrected chi connectivity index (χ2v) is 7.62. The molecule has 2 aromatic heterocycles. The predicted octanol–water partition coefficient (Wildman–Crippen LogP) is 2.35. The third-order valence-corrected chi connectivity index (χ3v) is 5.86. The number of likely N-dealkylation sites (tertiary alicyclic amines) is 1. The maximum Gasteiger partial charge on any atom is 0.146 e. The zero-order valence-corrected chi connectivity index (χ0v) is 15.5. The molecule has 0 N–H and O–H groups in total. The van der Waals surface area contributed by atoms with Crippen molar-refractivity contribution < 1.29 is 0 Å². The van der Waals surface area contributed by atoms with E-state index in [9.17, 15) is 0 Å². The highest BCUT2D eigenvalue weighted by Crippen LogP contribution is 2.38. The Hall–Kier alpha value is -1.79. The highest BCUT2D eigenvalue weighted by molar-refractivity contribution is 5.14. The molecule has 0 amide bonds.